The van der Waals surface area contributed by atoms with E-state index in [0.29, 0.717) is 5.69 Å². The van der Waals surface area contributed by atoms with E-state index in [2.05, 4.69) is 10.2 Å². The second-order valence-corrected chi connectivity index (χ2v) is 5.54. The van der Waals surface area contributed by atoms with Crippen LogP contribution in [0.25, 0.3) is 0 Å². The number of carboxylic acids is 1. The predicted molar refractivity (Wildman–Crippen MR) is 80.4 cm³/mol. The summed E-state index contributed by atoms with van der Waals surface area (Å²) in [5.41, 5.74) is 1.80. The number of aliphatic carboxylic acids is 1. The Labute approximate surface area is 127 Å². The Bertz CT molecular complexity index is 486. The molecular formula is C14H17N2O4S-. The van der Waals surface area contributed by atoms with Gasteiger partial charge in [0.25, 0.3) is 0 Å². The Morgan fingerprint density at radius 1 is 1.19 bits per heavy atom. The number of nitrogens with zero attached hydrogens (tertiary/aromatic N) is 1. The van der Waals surface area contributed by atoms with Crippen LogP contribution in [-0.2, 0) is 14.3 Å². The minimum Gasteiger partial charge on any atom is -0.549 e. The van der Waals surface area contributed by atoms with E-state index in [9.17, 15) is 14.7 Å². The molecule has 7 heteroatoms. The largest absolute Gasteiger partial charge is 0.549 e. The van der Waals surface area contributed by atoms with Gasteiger partial charge in [0.15, 0.2) is 0 Å². The summed E-state index contributed by atoms with van der Waals surface area (Å²) >= 11 is 1.02. The maximum atomic E-state index is 11.6. The quantitative estimate of drug-likeness (QED) is 0.793. The van der Waals surface area contributed by atoms with Crippen molar-refractivity contribution in [2.24, 2.45) is 0 Å². The number of carbonyl (C=O) groups is 2. The molecule has 1 heterocycles. The highest BCUT2D eigenvalue weighted by Crippen LogP contribution is 2.19. The molecule has 6 nitrogen and oxygen atoms in total. The SMILES string of the molecule is O=C([O-])CSCC(=O)Nc1ccc(N2CCOCC2)cc1. The molecule has 21 heavy (non-hydrogen) atoms. The van der Waals surface area contributed by atoms with Crippen molar-refractivity contribution in [3.63, 3.8) is 0 Å². The van der Waals surface area contributed by atoms with Gasteiger partial charge in [-0.05, 0) is 24.3 Å². The van der Waals surface area contributed by atoms with Crippen LogP contribution in [0.2, 0.25) is 0 Å². The first-order valence-electron chi connectivity index (χ1n) is 6.65. The highest BCUT2D eigenvalue weighted by molar-refractivity contribution is 8.00. The van der Waals surface area contributed by atoms with Gasteiger partial charge >= 0.3 is 0 Å². The maximum Gasteiger partial charge on any atom is 0.234 e. The van der Waals surface area contributed by atoms with Gasteiger partial charge in [0, 0.05) is 30.2 Å². The summed E-state index contributed by atoms with van der Waals surface area (Å²) in [6.45, 7) is 3.19. The lowest BCUT2D eigenvalue weighted by molar-refractivity contribution is -0.301. The molecule has 2 rings (SSSR count). The van der Waals surface area contributed by atoms with Crippen molar-refractivity contribution in [1.29, 1.82) is 0 Å². The van der Waals surface area contributed by atoms with Crippen LogP contribution in [0.4, 0.5) is 11.4 Å². The number of carboxylic acid groups (broad SMARTS) is 1. The van der Waals surface area contributed by atoms with Crippen LogP contribution in [-0.4, -0.2) is 49.7 Å². The summed E-state index contributed by atoms with van der Waals surface area (Å²) in [6, 6.07) is 7.59. The average Bonchev–Trinajstić information content (AvgIpc) is 2.48. The molecule has 0 unspecified atom stereocenters. The number of morpholine rings is 1. The normalized spacial score (nSPS) is 14.8. The number of hydrogen-bond acceptors (Lipinski definition) is 6. The van der Waals surface area contributed by atoms with Gasteiger partial charge in [0.1, 0.15) is 0 Å². The van der Waals surface area contributed by atoms with Crippen LogP contribution in [0.5, 0.6) is 0 Å². The lowest BCUT2D eigenvalue weighted by atomic mass is 10.2. The fourth-order valence-electron chi connectivity index (χ4n) is 2.00. The molecule has 0 aliphatic carbocycles. The van der Waals surface area contributed by atoms with Gasteiger partial charge in [0.2, 0.25) is 5.91 Å². The Morgan fingerprint density at radius 3 is 2.48 bits per heavy atom. The number of ether oxygens (including phenoxy) is 1. The maximum absolute atomic E-state index is 11.6. The van der Waals surface area contributed by atoms with Crippen LogP contribution in [0.1, 0.15) is 0 Å². The minimum atomic E-state index is -1.16. The molecule has 1 aliphatic rings. The van der Waals surface area contributed by atoms with Crippen LogP contribution in [0, 0.1) is 0 Å². The Hall–Kier alpha value is -1.73. The Kier molecular flexibility index (Phi) is 5.89. The fourth-order valence-corrected chi connectivity index (χ4v) is 2.53. The van der Waals surface area contributed by atoms with E-state index in [1.165, 1.54) is 0 Å². The van der Waals surface area contributed by atoms with Crippen molar-refractivity contribution in [2.75, 3.05) is 48.0 Å². The second kappa shape index (κ2) is 7.90. The molecule has 0 aromatic heterocycles. The first-order chi connectivity index (χ1) is 10.1. The number of rotatable bonds is 6. The highest BCUT2D eigenvalue weighted by atomic mass is 32.2. The molecule has 1 amide bonds. The highest BCUT2D eigenvalue weighted by Gasteiger charge is 2.11. The third-order valence-electron chi connectivity index (χ3n) is 2.98. The molecule has 1 aromatic carbocycles. The Morgan fingerprint density at radius 2 is 1.86 bits per heavy atom. The van der Waals surface area contributed by atoms with Gasteiger partial charge in [-0.2, -0.15) is 0 Å². The number of thioether (sulfide) groups is 1. The monoisotopic (exact) mass is 309 g/mol. The van der Waals surface area contributed by atoms with Crippen LogP contribution in [0.3, 0.4) is 0 Å². The van der Waals surface area contributed by atoms with Crippen molar-refractivity contribution in [3.8, 4) is 0 Å². The molecule has 0 radical (unpaired) electrons. The fraction of sp³-hybridized carbons (Fsp3) is 0.429. The average molecular weight is 309 g/mol. The van der Waals surface area contributed by atoms with Gasteiger partial charge < -0.3 is 24.9 Å². The van der Waals surface area contributed by atoms with E-state index in [1.54, 1.807) is 0 Å². The summed E-state index contributed by atoms with van der Waals surface area (Å²) in [7, 11) is 0. The van der Waals surface area contributed by atoms with Crippen molar-refractivity contribution >= 4 is 35.0 Å². The molecule has 1 aromatic rings. The summed E-state index contributed by atoms with van der Waals surface area (Å²) < 4.78 is 5.30. The number of anilines is 2. The molecule has 0 spiro atoms. The molecular weight excluding hydrogens is 292 g/mol. The van der Waals surface area contributed by atoms with Crippen molar-refractivity contribution < 1.29 is 19.4 Å². The van der Waals surface area contributed by atoms with E-state index < -0.39 is 5.97 Å². The first-order valence-corrected chi connectivity index (χ1v) is 7.81. The van der Waals surface area contributed by atoms with Crippen molar-refractivity contribution in [3.05, 3.63) is 24.3 Å². The minimum absolute atomic E-state index is 0.0964. The van der Waals surface area contributed by atoms with Crippen LogP contribution < -0.4 is 15.3 Å². The van der Waals surface area contributed by atoms with Gasteiger partial charge in [0.05, 0.1) is 24.9 Å². The molecule has 0 bridgehead atoms. The second-order valence-electron chi connectivity index (χ2n) is 4.56. The zero-order chi connectivity index (χ0) is 15.1. The number of amides is 1. The van der Waals surface area contributed by atoms with E-state index in [0.717, 1.165) is 43.8 Å². The number of benzene rings is 1. The zero-order valence-electron chi connectivity index (χ0n) is 11.5. The molecule has 1 saturated heterocycles. The van der Waals surface area contributed by atoms with Gasteiger partial charge in [-0.3, -0.25) is 4.79 Å². The molecule has 0 saturated carbocycles. The van der Waals surface area contributed by atoms with Crippen LogP contribution in [0.15, 0.2) is 24.3 Å². The van der Waals surface area contributed by atoms with E-state index in [1.807, 2.05) is 24.3 Å². The van der Waals surface area contributed by atoms with Crippen molar-refractivity contribution in [1.82, 2.24) is 0 Å². The molecule has 1 fully saturated rings. The summed E-state index contributed by atoms with van der Waals surface area (Å²) in [6.07, 6.45) is 0. The molecule has 1 aliphatic heterocycles. The lowest BCUT2D eigenvalue weighted by Crippen LogP contribution is -2.36. The molecule has 114 valence electrons. The van der Waals surface area contributed by atoms with E-state index >= 15 is 0 Å². The lowest BCUT2D eigenvalue weighted by Gasteiger charge is -2.28. The summed E-state index contributed by atoms with van der Waals surface area (Å²) in [5.74, 6) is -1.47. The van der Waals surface area contributed by atoms with Gasteiger partial charge in [-0.15, -0.1) is 11.8 Å². The first kappa shape index (κ1) is 15.7. The number of nitrogens with one attached hydrogen (secondary N) is 1. The predicted octanol–water partition coefficient (Wildman–Crippen LogP) is -0.0552. The van der Waals surface area contributed by atoms with Gasteiger partial charge in [-0.25, -0.2) is 0 Å². The number of carbonyl (C=O) groups excluding carboxylic acids is 2. The van der Waals surface area contributed by atoms with E-state index in [-0.39, 0.29) is 17.4 Å². The standard InChI is InChI=1S/C14H18N2O4S/c17-13(9-21-10-14(18)19)15-11-1-3-12(4-2-11)16-5-7-20-8-6-16/h1-4H,5-10H2,(H,15,17)(H,18,19)/p-1. The zero-order valence-corrected chi connectivity index (χ0v) is 12.4. The smallest absolute Gasteiger partial charge is 0.234 e. The van der Waals surface area contributed by atoms with Crippen LogP contribution >= 0.6 is 11.8 Å². The van der Waals surface area contributed by atoms with E-state index in [4.69, 9.17) is 4.74 Å². The van der Waals surface area contributed by atoms with Crippen molar-refractivity contribution in [2.45, 2.75) is 0 Å². The molecule has 1 N–H and O–H groups in total. The third kappa shape index (κ3) is 5.28. The number of hydrogen-bond donors (Lipinski definition) is 1. The summed E-state index contributed by atoms with van der Waals surface area (Å²) in [5, 5.41) is 13.0. The third-order valence-corrected chi connectivity index (χ3v) is 3.89. The summed E-state index contributed by atoms with van der Waals surface area (Å²) in [4.78, 5) is 24.1. The Balaban J connectivity index is 1.81. The van der Waals surface area contributed by atoms with Gasteiger partial charge in [-0.1, -0.05) is 0 Å². The molecule has 0 atom stereocenters. The topological polar surface area (TPSA) is 81.7 Å².